The molecule has 0 radical (unpaired) electrons. The van der Waals surface area contributed by atoms with Crippen LogP contribution in [-0.2, 0) is 17.8 Å². The van der Waals surface area contributed by atoms with Crippen molar-refractivity contribution < 1.29 is 9.53 Å². The number of amides is 1. The minimum Gasteiger partial charge on any atom is -0.492 e. The molecule has 1 aromatic heterocycles. The monoisotopic (exact) mass is 415 g/mol. The number of rotatable bonds is 10. The van der Waals surface area contributed by atoms with Crippen LogP contribution in [0.3, 0.4) is 0 Å². The first kappa shape index (κ1) is 20.3. The molecule has 0 aliphatic heterocycles. The normalized spacial score (nSPS) is 10.6. The van der Waals surface area contributed by atoms with Gasteiger partial charge in [-0.3, -0.25) is 4.79 Å². The summed E-state index contributed by atoms with van der Waals surface area (Å²) in [6, 6.07) is 17.5. The van der Waals surface area contributed by atoms with Crippen LogP contribution in [0.25, 0.3) is 0 Å². The number of aromatic nitrogens is 2. The van der Waals surface area contributed by atoms with E-state index in [4.69, 9.17) is 16.3 Å². The van der Waals surface area contributed by atoms with Crippen molar-refractivity contribution in [2.45, 2.75) is 18.1 Å². The van der Waals surface area contributed by atoms with Crippen LogP contribution in [0.15, 0.2) is 72.1 Å². The molecule has 0 spiro atoms. The average molecular weight is 416 g/mol. The fourth-order valence-corrected chi connectivity index (χ4v) is 3.51. The minimum atomic E-state index is -0.0395. The lowest BCUT2D eigenvalue weighted by atomic mass is 10.1. The zero-order chi connectivity index (χ0) is 19.6. The number of aryl methyl sites for hydroxylation is 2. The SMILES string of the molecule is O=C(CSc1nccn1CCc1ccccc1)NCCOc1ccc(Cl)cc1. The first-order valence-electron chi connectivity index (χ1n) is 9.03. The number of thioether (sulfide) groups is 1. The molecule has 0 atom stereocenters. The molecule has 3 rings (SSSR count). The molecule has 0 fully saturated rings. The molecule has 1 amide bonds. The van der Waals surface area contributed by atoms with Crippen LogP contribution in [0, 0.1) is 0 Å². The Hall–Kier alpha value is -2.44. The number of ether oxygens (including phenoxy) is 1. The van der Waals surface area contributed by atoms with E-state index in [1.54, 1.807) is 30.5 Å². The molecule has 2 aromatic carbocycles. The van der Waals surface area contributed by atoms with Gasteiger partial charge in [-0.05, 0) is 36.2 Å². The predicted molar refractivity (Wildman–Crippen MR) is 113 cm³/mol. The van der Waals surface area contributed by atoms with Crippen LogP contribution in [0.1, 0.15) is 5.56 Å². The number of benzene rings is 2. The molecule has 0 bridgehead atoms. The number of hydrogen-bond acceptors (Lipinski definition) is 4. The van der Waals surface area contributed by atoms with Gasteiger partial charge in [-0.2, -0.15) is 0 Å². The van der Waals surface area contributed by atoms with E-state index in [1.165, 1.54) is 17.3 Å². The van der Waals surface area contributed by atoms with Crippen molar-refractivity contribution in [1.29, 1.82) is 0 Å². The molecule has 0 saturated carbocycles. The van der Waals surface area contributed by atoms with E-state index in [-0.39, 0.29) is 5.91 Å². The summed E-state index contributed by atoms with van der Waals surface area (Å²) in [5.41, 5.74) is 1.28. The molecule has 3 aromatic rings. The lowest BCUT2D eigenvalue weighted by Gasteiger charge is -2.09. The number of hydrogen-bond donors (Lipinski definition) is 1. The van der Waals surface area contributed by atoms with Crippen molar-refractivity contribution in [3.8, 4) is 5.75 Å². The summed E-state index contributed by atoms with van der Waals surface area (Å²) < 4.78 is 7.64. The third kappa shape index (κ3) is 6.62. The molecule has 1 N–H and O–H groups in total. The quantitative estimate of drug-likeness (QED) is 0.400. The van der Waals surface area contributed by atoms with Gasteiger partial charge in [0.2, 0.25) is 5.91 Å². The van der Waals surface area contributed by atoms with E-state index in [0.29, 0.717) is 23.9 Å². The number of carbonyl (C=O) groups is 1. The van der Waals surface area contributed by atoms with Gasteiger partial charge in [0.25, 0.3) is 0 Å². The van der Waals surface area contributed by atoms with Gasteiger partial charge in [0.15, 0.2) is 5.16 Å². The van der Waals surface area contributed by atoms with E-state index in [9.17, 15) is 4.79 Å². The summed E-state index contributed by atoms with van der Waals surface area (Å²) in [6.45, 7) is 1.69. The standard InChI is InChI=1S/C21H22ClN3O2S/c22-18-6-8-19(9-7-18)27-15-12-23-20(26)16-28-21-24-11-14-25(21)13-10-17-4-2-1-3-5-17/h1-9,11,14H,10,12-13,15-16H2,(H,23,26). The van der Waals surface area contributed by atoms with Gasteiger partial charge in [-0.15, -0.1) is 0 Å². The van der Waals surface area contributed by atoms with Crippen LogP contribution in [0.2, 0.25) is 5.02 Å². The summed E-state index contributed by atoms with van der Waals surface area (Å²) in [4.78, 5) is 16.4. The topological polar surface area (TPSA) is 56.2 Å². The molecule has 5 nitrogen and oxygen atoms in total. The molecule has 0 aliphatic rings. The summed E-state index contributed by atoms with van der Waals surface area (Å²) >= 11 is 7.27. The molecular weight excluding hydrogens is 394 g/mol. The van der Waals surface area contributed by atoms with Crippen molar-refractivity contribution in [2.24, 2.45) is 0 Å². The van der Waals surface area contributed by atoms with Gasteiger partial charge < -0.3 is 14.6 Å². The predicted octanol–water partition coefficient (Wildman–Crippen LogP) is 4.07. The largest absolute Gasteiger partial charge is 0.492 e. The smallest absolute Gasteiger partial charge is 0.230 e. The highest BCUT2D eigenvalue weighted by atomic mass is 35.5. The van der Waals surface area contributed by atoms with Gasteiger partial charge in [-0.1, -0.05) is 53.7 Å². The van der Waals surface area contributed by atoms with E-state index < -0.39 is 0 Å². The molecule has 0 saturated heterocycles. The maximum absolute atomic E-state index is 12.0. The summed E-state index contributed by atoms with van der Waals surface area (Å²) in [5.74, 6) is 1.01. The highest BCUT2D eigenvalue weighted by Crippen LogP contribution is 2.17. The van der Waals surface area contributed by atoms with Gasteiger partial charge in [0, 0.05) is 24.0 Å². The number of nitrogens with zero attached hydrogens (tertiary/aromatic N) is 2. The molecule has 7 heteroatoms. The molecular formula is C21H22ClN3O2S. The Balaban J connectivity index is 1.35. The third-order valence-corrected chi connectivity index (χ3v) is 5.26. The van der Waals surface area contributed by atoms with Crippen LogP contribution < -0.4 is 10.1 Å². The zero-order valence-electron chi connectivity index (χ0n) is 15.4. The molecule has 0 unspecified atom stereocenters. The lowest BCUT2D eigenvalue weighted by Crippen LogP contribution is -2.29. The highest BCUT2D eigenvalue weighted by molar-refractivity contribution is 7.99. The number of carbonyl (C=O) groups excluding carboxylic acids is 1. The molecule has 1 heterocycles. The average Bonchev–Trinajstić information content (AvgIpc) is 3.17. The zero-order valence-corrected chi connectivity index (χ0v) is 17.0. The number of halogens is 1. The number of imidazole rings is 1. The second-order valence-electron chi connectivity index (χ2n) is 6.08. The Bertz CT molecular complexity index is 869. The lowest BCUT2D eigenvalue weighted by molar-refractivity contribution is -0.118. The van der Waals surface area contributed by atoms with Crippen molar-refractivity contribution in [3.63, 3.8) is 0 Å². The first-order valence-corrected chi connectivity index (χ1v) is 10.4. The Morgan fingerprint density at radius 1 is 1.14 bits per heavy atom. The Morgan fingerprint density at radius 3 is 2.71 bits per heavy atom. The maximum Gasteiger partial charge on any atom is 0.230 e. The van der Waals surface area contributed by atoms with E-state index >= 15 is 0 Å². The second kappa shape index (κ2) is 10.8. The molecule has 146 valence electrons. The first-order chi connectivity index (χ1) is 13.7. The summed E-state index contributed by atoms with van der Waals surface area (Å²) in [6.07, 6.45) is 4.65. The van der Waals surface area contributed by atoms with Gasteiger partial charge in [-0.25, -0.2) is 4.98 Å². The van der Waals surface area contributed by atoms with Crippen molar-refractivity contribution in [1.82, 2.24) is 14.9 Å². The fourth-order valence-electron chi connectivity index (χ4n) is 2.57. The molecule has 0 aliphatic carbocycles. The van der Waals surface area contributed by atoms with Crippen molar-refractivity contribution in [3.05, 3.63) is 77.6 Å². The van der Waals surface area contributed by atoms with Crippen LogP contribution in [-0.4, -0.2) is 34.4 Å². The van der Waals surface area contributed by atoms with Crippen molar-refractivity contribution in [2.75, 3.05) is 18.9 Å². The van der Waals surface area contributed by atoms with Gasteiger partial charge in [0.05, 0.1) is 12.3 Å². The van der Waals surface area contributed by atoms with Crippen LogP contribution in [0.5, 0.6) is 5.75 Å². The Kier molecular flexibility index (Phi) is 7.82. The summed E-state index contributed by atoms with van der Waals surface area (Å²) in [5, 5.41) is 4.37. The van der Waals surface area contributed by atoms with Crippen molar-refractivity contribution >= 4 is 29.3 Å². The van der Waals surface area contributed by atoms with Crippen LogP contribution >= 0.6 is 23.4 Å². The fraction of sp³-hybridized carbons (Fsp3) is 0.238. The minimum absolute atomic E-state index is 0.0395. The number of nitrogens with one attached hydrogen (secondary N) is 1. The highest BCUT2D eigenvalue weighted by Gasteiger charge is 2.08. The molecule has 28 heavy (non-hydrogen) atoms. The van der Waals surface area contributed by atoms with Gasteiger partial charge >= 0.3 is 0 Å². The van der Waals surface area contributed by atoms with Crippen LogP contribution in [0.4, 0.5) is 0 Å². The van der Waals surface area contributed by atoms with E-state index in [0.717, 1.165) is 23.9 Å². The maximum atomic E-state index is 12.0. The van der Waals surface area contributed by atoms with Gasteiger partial charge in [0.1, 0.15) is 12.4 Å². The third-order valence-electron chi connectivity index (χ3n) is 4.00. The van der Waals surface area contributed by atoms with E-state index in [2.05, 4.69) is 27.0 Å². The second-order valence-corrected chi connectivity index (χ2v) is 7.46. The summed E-state index contributed by atoms with van der Waals surface area (Å²) in [7, 11) is 0. The Morgan fingerprint density at radius 2 is 1.93 bits per heavy atom. The van der Waals surface area contributed by atoms with E-state index in [1.807, 2.05) is 24.4 Å². The Labute approximate surface area is 174 Å².